The number of hydrogen-bond donors (Lipinski definition) is 3. The van der Waals surface area contributed by atoms with E-state index < -0.39 is 0 Å². The fourth-order valence-electron chi connectivity index (χ4n) is 1.67. The normalized spacial score (nSPS) is 10.3. The molecule has 1 aromatic heterocycles. The van der Waals surface area contributed by atoms with Crippen molar-refractivity contribution in [2.45, 2.75) is 26.8 Å². The van der Waals surface area contributed by atoms with E-state index in [0.717, 1.165) is 11.4 Å². The molecular weight excluding hydrogens is 268 g/mol. The van der Waals surface area contributed by atoms with Crippen molar-refractivity contribution < 1.29 is 4.79 Å². The second-order valence-corrected chi connectivity index (χ2v) is 4.85. The quantitative estimate of drug-likeness (QED) is 0.781. The summed E-state index contributed by atoms with van der Waals surface area (Å²) < 4.78 is 0. The van der Waals surface area contributed by atoms with Crippen LogP contribution in [0.4, 0.5) is 23.1 Å². The van der Waals surface area contributed by atoms with Crippen LogP contribution in [0.1, 0.15) is 20.8 Å². The first-order chi connectivity index (χ1) is 10.0. The molecule has 0 aliphatic rings. The predicted molar refractivity (Wildman–Crippen MR) is 82.6 cm³/mol. The SMILES string of the molecule is CC(=O)Nc1ccc(Nc2cnnc(NC(C)C)n2)cc1. The number of nitrogens with zero attached hydrogens (tertiary/aromatic N) is 3. The molecule has 0 bridgehead atoms. The lowest BCUT2D eigenvalue weighted by atomic mass is 10.3. The van der Waals surface area contributed by atoms with Gasteiger partial charge in [0.2, 0.25) is 11.9 Å². The highest BCUT2D eigenvalue weighted by atomic mass is 16.1. The molecule has 3 N–H and O–H groups in total. The lowest BCUT2D eigenvalue weighted by molar-refractivity contribution is -0.114. The largest absolute Gasteiger partial charge is 0.351 e. The second-order valence-electron chi connectivity index (χ2n) is 4.85. The first-order valence-electron chi connectivity index (χ1n) is 6.64. The Balaban J connectivity index is 2.05. The first kappa shape index (κ1) is 14.7. The van der Waals surface area contributed by atoms with Crippen LogP contribution in [0.15, 0.2) is 30.5 Å². The van der Waals surface area contributed by atoms with Gasteiger partial charge in [-0.25, -0.2) is 0 Å². The maximum Gasteiger partial charge on any atom is 0.244 e. The van der Waals surface area contributed by atoms with Gasteiger partial charge in [-0.2, -0.15) is 10.1 Å². The number of nitrogens with one attached hydrogen (secondary N) is 3. The summed E-state index contributed by atoms with van der Waals surface area (Å²) in [4.78, 5) is 15.3. The molecule has 0 atom stereocenters. The van der Waals surface area contributed by atoms with Gasteiger partial charge >= 0.3 is 0 Å². The molecule has 0 unspecified atom stereocenters. The minimum Gasteiger partial charge on any atom is -0.351 e. The van der Waals surface area contributed by atoms with Crippen molar-refractivity contribution in [2.24, 2.45) is 0 Å². The predicted octanol–water partition coefficient (Wildman–Crippen LogP) is 2.39. The molecule has 0 saturated heterocycles. The Morgan fingerprint density at radius 2 is 1.81 bits per heavy atom. The van der Waals surface area contributed by atoms with Crippen LogP contribution in [0.3, 0.4) is 0 Å². The number of amides is 1. The Morgan fingerprint density at radius 3 is 2.43 bits per heavy atom. The zero-order chi connectivity index (χ0) is 15.2. The smallest absolute Gasteiger partial charge is 0.244 e. The van der Waals surface area contributed by atoms with Crippen molar-refractivity contribution in [3.05, 3.63) is 30.5 Å². The maximum absolute atomic E-state index is 11.0. The van der Waals surface area contributed by atoms with E-state index in [1.807, 2.05) is 38.1 Å². The van der Waals surface area contributed by atoms with Crippen LogP contribution in [0.2, 0.25) is 0 Å². The Bertz CT molecular complexity index is 611. The van der Waals surface area contributed by atoms with Gasteiger partial charge in [-0.3, -0.25) is 4.79 Å². The summed E-state index contributed by atoms with van der Waals surface area (Å²) in [5, 5.41) is 16.7. The molecule has 1 heterocycles. The molecule has 0 aliphatic carbocycles. The van der Waals surface area contributed by atoms with Crippen molar-refractivity contribution in [2.75, 3.05) is 16.0 Å². The van der Waals surface area contributed by atoms with Crippen LogP contribution in [0.25, 0.3) is 0 Å². The van der Waals surface area contributed by atoms with Crippen LogP contribution in [-0.2, 0) is 4.79 Å². The van der Waals surface area contributed by atoms with E-state index in [-0.39, 0.29) is 11.9 Å². The number of rotatable bonds is 5. The number of aromatic nitrogens is 3. The van der Waals surface area contributed by atoms with Crippen molar-refractivity contribution in [3.8, 4) is 0 Å². The fourth-order valence-corrected chi connectivity index (χ4v) is 1.67. The monoisotopic (exact) mass is 286 g/mol. The zero-order valence-electron chi connectivity index (χ0n) is 12.2. The van der Waals surface area contributed by atoms with Gasteiger partial charge in [-0.15, -0.1) is 5.10 Å². The van der Waals surface area contributed by atoms with Crippen molar-refractivity contribution >= 4 is 29.0 Å². The summed E-state index contributed by atoms with van der Waals surface area (Å²) in [5.41, 5.74) is 1.59. The van der Waals surface area contributed by atoms with Gasteiger partial charge < -0.3 is 16.0 Å². The molecule has 110 valence electrons. The minimum absolute atomic E-state index is 0.0971. The van der Waals surface area contributed by atoms with Crippen molar-refractivity contribution in [1.29, 1.82) is 0 Å². The highest BCUT2D eigenvalue weighted by Crippen LogP contribution is 2.17. The van der Waals surface area contributed by atoms with E-state index in [4.69, 9.17) is 0 Å². The van der Waals surface area contributed by atoms with E-state index in [1.165, 1.54) is 6.92 Å². The highest BCUT2D eigenvalue weighted by molar-refractivity contribution is 5.88. The third-order valence-corrected chi connectivity index (χ3v) is 2.45. The van der Waals surface area contributed by atoms with Crippen LogP contribution >= 0.6 is 0 Å². The third kappa shape index (κ3) is 4.72. The summed E-state index contributed by atoms with van der Waals surface area (Å²) in [6.07, 6.45) is 1.55. The van der Waals surface area contributed by atoms with Gasteiger partial charge in [-0.05, 0) is 38.1 Å². The van der Waals surface area contributed by atoms with Gasteiger partial charge in [0.25, 0.3) is 0 Å². The van der Waals surface area contributed by atoms with Crippen molar-refractivity contribution in [3.63, 3.8) is 0 Å². The number of anilines is 4. The first-order valence-corrected chi connectivity index (χ1v) is 6.64. The minimum atomic E-state index is -0.0971. The Labute approximate surface area is 123 Å². The van der Waals surface area contributed by atoms with E-state index in [1.54, 1.807) is 6.20 Å². The third-order valence-electron chi connectivity index (χ3n) is 2.45. The molecule has 1 amide bonds. The molecule has 0 radical (unpaired) electrons. The molecule has 2 rings (SSSR count). The second kappa shape index (κ2) is 6.65. The Hall–Kier alpha value is -2.70. The summed E-state index contributed by atoms with van der Waals surface area (Å²) in [5.74, 6) is 0.977. The molecule has 7 nitrogen and oxygen atoms in total. The number of benzene rings is 1. The van der Waals surface area contributed by atoms with Gasteiger partial charge in [-0.1, -0.05) is 0 Å². The van der Waals surface area contributed by atoms with Gasteiger partial charge in [0.15, 0.2) is 5.82 Å². The van der Waals surface area contributed by atoms with E-state index >= 15 is 0 Å². The topological polar surface area (TPSA) is 91.8 Å². The summed E-state index contributed by atoms with van der Waals surface area (Å²) >= 11 is 0. The molecule has 7 heteroatoms. The van der Waals surface area contributed by atoms with Crippen LogP contribution in [-0.4, -0.2) is 27.1 Å². The maximum atomic E-state index is 11.0. The molecule has 21 heavy (non-hydrogen) atoms. The van der Waals surface area contributed by atoms with Crippen molar-refractivity contribution in [1.82, 2.24) is 15.2 Å². The molecule has 0 aliphatic heterocycles. The number of carbonyl (C=O) groups is 1. The molecule has 0 spiro atoms. The van der Waals surface area contributed by atoms with Gasteiger partial charge in [0.1, 0.15) is 0 Å². The summed E-state index contributed by atoms with van der Waals surface area (Å²) in [6, 6.07) is 7.56. The number of carbonyl (C=O) groups excluding carboxylic acids is 1. The van der Waals surface area contributed by atoms with E-state index in [2.05, 4.69) is 31.1 Å². The standard InChI is InChI=1S/C14H18N6O/c1-9(2)16-14-19-13(8-15-20-14)18-12-6-4-11(5-7-12)17-10(3)21/h4-9H,1-3H3,(H,17,21)(H2,16,18,19,20). The zero-order valence-corrected chi connectivity index (χ0v) is 12.2. The van der Waals surface area contributed by atoms with Crippen LogP contribution in [0, 0.1) is 0 Å². The van der Waals surface area contributed by atoms with Crippen LogP contribution in [0.5, 0.6) is 0 Å². The summed E-state index contributed by atoms with van der Waals surface area (Å²) in [6.45, 7) is 5.48. The lowest BCUT2D eigenvalue weighted by Crippen LogP contribution is -2.13. The average Bonchev–Trinajstić information content (AvgIpc) is 2.40. The highest BCUT2D eigenvalue weighted by Gasteiger charge is 2.03. The molecular formula is C14H18N6O. The fraction of sp³-hybridized carbons (Fsp3) is 0.286. The van der Waals surface area contributed by atoms with Crippen LogP contribution < -0.4 is 16.0 Å². The van der Waals surface area contributed by atoms with E-state index in [9.17, 15) is 4.79 Å². The average molecular weight is 286 g/mol. The Kier molecular flexibility index (Phi) is 4.65. The summed E-state index contributed by atoms with van der Waals surface area (Å²) in [7, 11) is 0. The number of hydrogen-bond acceptors (Lipinski definition) is 6. The van der Waals surface area contributed by atoms with E-state index in [0.29, 0.717) is 11.8 Å². The molecule has 2 aromatic rings. The Morgan fingerprint density at radius 1 is 1.14 bits per heavy atom. The molecule has 1 aromatic carbocycles. The lowest BCUT2D eigenvalue weighted by Gasteiger charge is -2.10. The van der Waals surface area contributed by atoms with Gasteiger partial charge in [0, 0.05) is 24.3 Å². The molecule has 0 fully saturated rings. The van der Waals surface area contributed by atoms with Gasteiger partial charge in [0.05, 0.1) is 6.20 Å². The molecule has 0 saturated carbocycles.